The zero-order chi connectivity index (χ0) is 20.7. The summed E-state index contributed by atoms with van der Waals surface area (Å²) in [6, 6.07) is 3.17. The summed E-state index contributed by atoms with van der Waals surface area (Å²) >= 11 is 6.96. The minimum Gasteiger partial charge on any atom is -0.356 e. The molecule has 0 aromatic carbocycles. The number of sulfonamides is 1. The van der Waals surface area contributed by atoms with Crippen molar-refractivity contribution in [1.82, 2.24) is 14.5 Å². The summed E-state index contributed by atoms with van der Waals surface area (Å²) in [6.45, 7) is 10.9. The van der Waals surface area contributed by atoms with Crippen LogP contribution in [0, 0.1) is 11.8 Å². The lowest BCUT2D eigenvalue weighted by Crippen LogP contribution is -2.42. The molecule has 1 atom stereocenters. The number of rotatable bonds is 10. The topological polar surface area (TPSA) is 69.7 Å². The Balaban J connectivity index is 1.78. The predicted octanol–water partition coefficient (Wildman–Crippen LogP) is 3.29. The number of carbonyl (C=O) groups excluding carboxylic acids is 1. The van der Waals surface area contributed by atoms with Crippen LogP contribution in [0.4, 0.5) is 0 Å². The Labute approximate surface area is 178 Å². The van der Waals surface area contributed by atoms with Crippen LogP contribution >= 0.6 is 22.9 Å². The van der Waals surface area contributed by atoms with Gasteiger partial charge in [0.05, 0.1) is 4.34 Å². The first-order valence-electron chi connectivity index (χ1n) is 10.0. The summed E-state index contributed by atoms with van der Waals surface area (Å²) in [6.07, 6.45) is 2.35. The van der Waals surface area contributed by atoms with Gasteiger partial charge in [-0.2, -0.15) is 4.31 Å². The summed E-state index contributed by atoms with van der Waals surface area (Å²) in [5.74, 6) is 0.182. The molecule has 2 rings (SSSR count). The molecule has 1 aromatic rings. The summed E-state index contributed by atoms with van der Waals surface area (Å²) in [7, 11) is -3.48. The highest BCUT2D eigenvalue weighted by Gasteiger charge is 2.34. The van der Waals surface area contributed by atoms with Gasteiger partial charge >= 0.3 is 0 Å². The monoisotopic (exact) mass is 449 g/mol. The van der Waals surface area contributed by atoms with Gasteiger partial charge in [-0.25, -0.2) is 8.42 Å². The fourth-order valence-electron chi connectivity index (χ4n) is 3.61. The number of hydrogen-bond acceptors (Lipinski definition) is 5. The van der Waals surface area contributed by atoms with Gasteiger partial charge in [0.2, 0.25) is 5.91 Å². The lowest BCUT2D eigenvalue weighted by atomic mass is 9.85. The average molecular weight is 450 g/mol. The molecule has 0 radical (unpaired) electrons. The predicted molar refractivity (Wildman–Crippen MR) is 115 cm³/mol. The quantitative estimate of drug-likeness (QED) is 0.556. The van der Waals surface area contributed by atoms with E-state index in [-0.39, 0.29) is 22.0 Å². The third kappa shape index (κ3) is 6.16. The number of nitrogens with one attached hydrogen (secondary N) is 1. The van der Waals surface area contributed by atoms with Crippen LogP contribution in [-0.2, 0) is 14.8 Å². The van der Waals surface area contributed by atoms with E-state index in [2.05, 4.69) is 24.1 Å². The van der Waals surface area contributed by atoms with Crippen LogP contribution in [0.3, 0.4) is 0 Å². The summed E-state index contributed by atoms with van der Waals surface area (Å²) in [4.78, 5) is 14.8. The lowest BCUT2D eigenvalue weighted by Gasteiger charge is -2.33. The molecule has 1 N–H and O–H groups in total. The van der Waals surface area contributed by atoms with E-state index < -0.39 is 10.0 Å². The molecule has 1 aliphatic rings. The minimum absolute atomic E-state index is 0.0749. The Hall–Kier alpha value is -0.670. The first-order valence-corrected chi connectivity index (χ1v) is 12.7. The molecule has 0 unspecified atom stereocenters. The van der Waals surface area contributed by atoms with Crippen molar-refractivity contribution < 1.29 is 13.2 Å². The molecule has 0 aliphatic carbocycles. The second-order valence-corrected chi connectivity index (χ2v) is 11.1. The fourth-order valence-corrected chi connectivity index (χ4v) is 6.72. The van der Waals surface area contributed by atoms with E-state index >= 15 is 0 Å². The smallest absolute Gasteiger partial charge is 0.252 e. The normalized spacial score (nSPS) is 17.8. The van der Waals surface area contributed by atoms with Gasteiger partial charge in [-0.15, -0.1) is 11.3 Å². The third-order valence-corrected chi connectivity index (χ3v) is 9.20. The Morgan fingerprint density at radius 2 is 1.96 bits per heavy atom. The van der Waals surface area contributed by atoms with Gasteiger partial charge in [0.1, 0.15) is 4.21 Å². The van der Waals surface area contributed by atoms with Crippen molar-refractivity contribution >= 4 is 38.9 Å². The van der Waals surface area contributed by atoms with Crippen molar-refractivity contribution in [2.75, 3.05) is 39.3 Å². The molecular weight excluding hydrogens is 418 g/mol. The second-order valence-electron chi connectivity index (χ2n) is 7.26. The summed E-state index contributed by atoms with van der Waals surface area (Å²) in [5, 5.41) is 3.04. The van der Waals surface area contributed by atoms with Crippen LogP contribution in [0.15, 0.2) is 16.3 Å². The Bertz CT molecular complexity index is 727. The van der Waals surface area contributed by atoms with Gasteiger partial charge in [0.15, 0.2) is 0 Å². The van der Waals surface area contributed by atoms with Crippen LogP contribution in [0.2, 0.25) is 4.34 Å². The molecule has 1 fully saturated rings. The van der Waals surface area contributed by atoms with E-state index in [0.29, 0.717) is 36.8 Å². The van der Waals surface area contributed by atoms with Gasteiger partial charge in [0, 0.05) is 25.6 Å². The number of amides is 1. The Morgan fingerprint density at radius 3 is 2.50 bits per heavy atom. The van der Waals surface area contributed by atoms with Crippen LogP contribution < -0.4 is 5.32 Å². The number of thiophene rings is 1. The standard InChI is InChI=1S/C19H32ClN3O3S2/c1-4-22(5-2)12-6-11-21-19(24)15(3)16-9-13-23(14-10-16)28(25,26)18-8-7-17(20)27-18/h7-8,15-16H,4-6,9-14H2,1-3H3,(H,21,24)/t15-/m1/s1. The van der Waals surface area contributed by atoms with Gasteiger partial charge < -0.3 is 10.2 Å². The van der Waals surface area contributed by atoms with E-state index in [9.17, 15) is 13.2 Å². The number of carbonyl (C=O) groups is 1. The van der Waals surface area contributed by atoms with Crippen molar-refractivity contribution in [2.24, 2.45) is 11.8 Å². The van der Waals surface area contributed by atoms with Gasteiger partial charge in [-0.05, 0) is 56.9 Å². The first kappa shape index (κ1) is 23.6. The molecule has 1 aliphatic heterocycles. The number of nitrogens with zero attached hydrogens (tertiary/aromatic N) is 2. The summed E-state index contributed by atoms with van der Waals surface area (Å²) in [5.41, 5.74) is 0. The van der Waals surface area contributed by atoms with Crippen molar-refractivity contribution in [3.05, 3.63) is 16.5 Å². The van der Waals surface area contributed by atoms with Crippen LogP contribution in [0.25, 0.3) is 0 Å². The minimum atomic E-state index is -3.48. The van der Waals surface area contributed by atoms with E-state index in [1.807, 2.05) is 6.92 Å². The highest BCUT2D eigenvalue weighted by Crippen LogP contribution is 2.32. The van der Waals surface area contributed by atoms with E-state index in [1.54, 1.807) is 12.1 Å². The maximum atomic E-state index is 12.7. The molecule has 160 valence electrons. The molecule has 28 heavy (non-hydrogen) atoms. The molecule has 0 saturated carbocycles. The van der Waals surface area contributed by atoms with Crippen molar-refractivity contribution in [3.8, 4) is 0 Å². The van der Waals surface area contributed by atoms with E-state index in [4.69, 9.17) is 11.6 Å². The Kier molecular flexibility index (Phi) is 9.21. The molecule has 1 amide bonds. The molecule has 1 aromatic heterocycles. The molecule has 9 heteroatoms. The number of piperidine rings is 1. The Morgan fingerprint density at radius 1 is 1.32 bits per heavy atom. The van der Waals surface area contributed by atoms with Crippen LogP contribution in [0.5, 0.6) is 0 Å². The van der Waals surface area contributed by atoms with Gasteiger partial charge in [-0.1, -0.05) is 32.4 Å². The molecule has 0 spiro atoms. The zero-order valence-corrected chi connectivity index (χ0v) is 19.4. The van der Waals surface area contributed by atoms with E-state index in [1.165, 1.54) is 4.31 Å². The molecule has 2 heterocycles. The van der Waals surface area contributed by atoms with Gasteiger partial charge in [-0.3, -0.25) is 4.79 Å². The molecular formula is C19H32ClN3O3S2. The summed E-state index contributed by atoms with van der Waals surface area (Å²) < 4.78 is 27.6. The van der Waals surface area contributed by atoms with Crippen LogP contribution in [-0.4, -0.2) is 62.8 Å². The zero-order valence-electron chi connectivity index (χ0n) is 17.0. The molecule has 0 bridgehead atoms. The van der Waals surface area contributed by atoms with Crippen molar-refractivity contribution in [1.29, 1.82) is 0 Å². The van der Waals surface area contributed by atoms with Crippen molar-refractivity contribution in [3.63, 3.8) is 0 Å². The van der Waals surface area contributed by atoms with Crippen LogP contribution in [0.1, 0.15) is 40.0 Å². The molecule has 6 nitrogen and oxygen atoms in total. The van der Waals surface area contributed by atoms with E-state index in [0.717, 1.165) is 37.4 Å². The number of halogens is 1. The largest absolute Gasteiger partial charge is 0.356 e. The highest BCUT2D eigenvalue weighted by atomic mass is 35.5. The number of hydrogen-bond donors (Lipinski definition) is 1. The second kappa shape index (κ2) is 10.9. The van der Waals surface area contributed by atoms with Crippen molar-refractivity contribution in [2.45, 2.75) is 44.2 Å². The third-order valence-electron chi connectivity index (χ3n) is 5.61. The maximum absolute atomic E-state index is 12.7. The first-order chi connectivity index (χ1) is 13.3. The average Bonchev–Trinajstić information content (AvgIpc) is 3.14. The highest BCUT2D eigenvalue weighted by molar-refractivity contribution is 7.91. The van der Waals surface area contributed by atoms with Gasteiger partial charge in [0.25, 0.3) is 10.0 Å². The lowest BCUT2D eigenvalue weighted by molar-refractivity contribution is -0.126. The molecule has 1 saturated heterocycles. The SMILES string of the molecule is CCN(CC)CCCNC(=O)[C@H](C)C1CCN(S(=O)(=O)c2ccc(Cl)s2)CC1. The maximum Gasteiger partial charge on any atom is 0.252 e. The fraction of sp³-hybridized carbons (Fsp3) is 0.737.